The molecule has 126 valence electrons. The molecule has 0 aromatic heterocycles. The molecule has 2 aromatic rings. The number of nitro benzene ring substituents is 1. The lowest BCUT2D eigenvalue weighted by Crippen LogP contribution is -2.41. The van der Waals surface area contributed by atoms with Gasteiger partial charge in [0.15, 0.2) is 0 Å². The van der Waals surface area contributed by atoms with E-state index < -0.39 is 27.9 Å². The maximum Gasteiger partial charge on any atom is 0.283 e. The van der Waals surface area contributed by atoms with Crippen molar-refractivity contribution in [1.82, 2.24) is 5.32 Å². The number of amides is 1. The van der Waals surface area contributed by atoms with Crippen molar-refractivity contribution in [2.24, 2.45) is 0 Å². The number of nitrogens with zero attached hydrogens (tertiary/aromatic N) is 1. The molecule has 24 heavy (non-hydrogen) atoms. The Morgan fingerprint density at radius 1 is 1.21 bits per heavy atom. The second-order valence-corrected chi connectivity index (χ2v) is 6.47. The molecule has 0 spiro atoms. The summed E-state index contributed by atoms with van der Waals surface area (Å²) in [6, 6.07) is 7.58. The molecule has 0 atom stereocenters. The molecule has 0 unspecified atom stereocenters. The van der Waals surface area contributed by atoms with Gasteiger partial charge in [-0.25, -0.2) is 4.39 Å². The normalized spacial score (nSPS) is 11.2. The zero-order valence-electron chi connectivity index (χ0n) is 12.8. The summed E-state index contributed by atoms with van der Waals surface area (Å²) < 4.78 is 13.2. The zero-order valence-corrected chi connectivity index (χ0v) is 14.3. The van der Waals surface area contributed by atoms with E-state index in [9.17, 15) is 19.3 Å². The van der Waals surface area contributed by atoms with Crippen LogP contribution in [0.2, 0.25) is 10.0 Å². The van der Waals surface area contributed by atoms with Crippen LogP contribution in [0.1, 0.15) is 29.8 Å². The Balaban J connectivity index is 2.36. The van der Waals surface area contributed by atoms with Gasteiger partial charge in [0.2, 0.25) is 0 Å². The number of halogens is 3. The van der Waals surface area contributed by atoms with Crippen LogP contribution in [-0.4, -0.2) is 10.8 Å². The quantitative estimate of drug-likeness (QED) is 0.625. The molecule has 0 aliphatic rings. The van der Waals surface area contributed by atoms with E-state index in [2.05, 4.69) is 5.32 Å². The van der Waals surface area contributed by atoms with Crippen LogP contribution >= 0.6 is 23.2 Å². The predicted molar refractivity (Wildman–Crippen MR) is 90.0 cm³/mol. The standard InChI is InChI=1S/C16H13Cl2FN2O3/c1-16(2,12-6-4-10(19)8-13(12)18)20-15(22)11-5-3-9(17)7-14(11)21(23)24/h3-8H,1-2H3,(H,20,22). The smallest absolute Gasteiger partial charge is 0.283 e. The van der Waals surface area contributed by atoms with Crippen molar-refractivity contribution in [3.8, 4) is 0 Å². The van der Waals surface area contributed by atoms with Crippen molar-refractivity contribution in [1.29, 1.82) is 0 Å². The van der Waals surface area contributed by atoms with Gasteiger partial charge in [0, 0.05) is 16.1 Å². The third kappa shape index (κ3) is 3.83. The molecule has 1 amide bonds. The summed E-state index contributed by atoms with van der Waals surface area (Å²) in [6.07, 6.45) is 0. The van der Waals surface area contributed by atoms with Gasteiger partial charge in [-0.15, -0.1) is 0 Å². The molecule has 1 N–H and O–H groups in total. The molecule has 2 rings (SSSR count). The number of nitro groups is 1. The summed E-state index contributed by atoms with van der Waals surface area (Å²) in [5.74, 6) is -1.16. The van der Waals surface area contributed by atoms with Crippen molar-refractivity contribution in [2.45, 2.75) is 19.4 Å². The maximum absolute atomic E-state index is 13.2. The van der Waals surface area contributed by atoms with E-state index in [1.165, 1.54) is 24.3 Å². The molecule has 5 nitrogen and oxygen atoms in total. The lowest BCUT2D eigenvalue weighted by molar-refractivity contribution is -0.385. The van der Waals surface area contributed by atoms with Gasteiger partial charge in [0.25, 0.3) is 11.6 Å². The fourth-order valence-electron chi connectivity index (χ4n) is 2.26. The Morgan fingerprint density at radius 2 is 1.88 bits per heavy atom. The number of nitrogens with one attached hydrogen (secondary N) is 1. The lowest BCUT2D eigenvalue weighted by Gasteiger charge is -2.28. The fourth-order valence-corrected chi connectivity index (χ4v) is 2.83. The number of hydrogen-bond donors (Lipinski definition) is 1. The van der Waals surface area contributed by atoms with E-state index in [-0.39, 0.29) is 15.6 Å². The first-order valence-corrected chi connectivity index (χ1v) is 7.59. The molecular weight excluding hydrogens is 358 g/mol. The van der Waals surface area contributed by atoms with Crippen LogP contribution < -0.4 is 5.32 Å². The number of carbonyl (C=O) groups is 1. The van der Waals surface area contributed by atoms with Gasteiger partial charge in [-0.05, 0) is 43.7 Å². The number of hydrogen-bond acceptors (Lipinski definition) is 3. The summed E-state index contributed by atoms with van der Waals surface area (Å²) in [6.45, 7) is 3.32. The molecular formula is C16H13Cl2FN2O3. The van der Waals surface area contributed by atoms with Crippen LogP contribution in [0.15, 0.2) is 36.4 Å². The minimum atomic E-state index is -0.977. The minimum Gasteiger partial charge on any atom is -0.343 e. The highest BCUT2D eigenvalue weighted by atomic mass is 35.5. The lowest BCUT2D eigenvalue weighted by atomic mass is 9.93. The largest absolute Gasteiger partial charge is 0.343 e. The van der Waals surface area contributed by atoms with Crippen molar-refractivity contribution in [3.63, 3.8) is 0 Å². The minimum absolute atomic E-state index is 0.129. The molecule has 0 bridgehead atoms. The molecule has 8 heteroatoms. The third-order valence-electron chi connectivity index (χ3n) is 3.43. The Hall–Kier alpha value is -2.18. The van der Waals surface area contributed by atoms with Crippen LogP contribution in [0.25, 0.3) is 0 Å². The molecule has 0 aliphatic carbocycles. The summed E-state index contributed by atoms with van der Waals surface area (Å²) in [7, 11) is 0. The van der Waals surface area contributed by atoms with E-state index in [4.69, 9.17) is 23.2 Å². The van der Waals surface area contributed by atoms with Crippen molar-refractivity contribution in [2.75, 3.05) is 0 Å². The van der Waals surface area contributed by atoms with E-state index in [0.29, 0.717) is 5.56 Å². The highest BCUT2D eigenvalue weighted by Gasteiger charge is 2.29. The summed E-state index contributed by atoms with van der Waals surface area (Å²) in [5, 5.41) is 14.1. The Bertz CT molecular complexity index is 825. The van der Waals surface area contributed by atoms with Crippen LogP contribution in [0.4, 0.5) is 10.1 Å². The topological polar surface area (TPSA) is 72.2 Å². The van der Waals surface area contributed by atoms with E-state index in [1.807, 2.05) is 0 Å². The molecule has 0 radical (unpaired) electrons. The Kier molecular flexibility index (Phi) is 5.11. The van der Waals surface area contributed by atoms with Gasteiger partial charge in [0.1, 0.15) is 11.4 Å². The molecule has 0 heterocycles. The van der Waals surface area contributed by atoms with Crippen LogP contribution in [0, 0.1) is 15.9 Å². The first kappa shape index (κ1) is 18.2. The summed E-state index contributed by atoms with van der Waals surface area (Å²) in [5.41, 5.74) is -1.03. The second-order valence-electron chi connectivity index (χ2n) is 5.62. The van der Waals surface area contributed by atoms with Gasteiger partial charge in [0.05, 0.1) is 10.5 Å². The average molecular weight is 371 g/mol. The summed E-state index contributed by atoms with van der Waals surface area (Å²) >= 11 is 11.8. The molecule has 0 saturated carbocycles. The number of rotatable bonds is 4. The Labute approximate surface area is 147 Å². The molecule has 0 aliphatic heterocycles. The molecule has 2 aromatic carbocycles. The third-order valence-corrected chi connectivity index (χ3v) is 3.98. The zero-order chi connectivity index (χ0) is 18.1. The monoisotopic (exact) mass is 370 g/mol. The SMILES string of the molecule is CC(C)(NC(=O)c1ccc(Cl)cc1[N+](=O)[O-])c1ccc(F)cc1Cl. The fraction of sp³-hybridized carbons (Fsp3) is 0.188. The highest BCUT2D eigenvalue weighted by Crippen LogP contribution is 2.30. The second kappa shape index (κ2) is 6.75. The van der Waals surface area contributed by atoms with Crippen molar-refractivity contribution in [3.05, 3.63) is 73.5 Å². The van der Waals surface area contributed by atoms with Gasteiger partial charge < -0.3 is 5.32 Å². The van der Waals surface area contributed by atoms with E-state index in [1.54, 1.807) is 13.8 Å². The highest BCUT2D eigenvalue weighted by molar-refractivity contribution is 6.31. The first-order chi connectivity index (χ1) is 11.1. The summed E-state index contributed by atoms with van der Waals surface area (Å²) in [4.78, 5) is 22.9. The maximum atomic E-state index is 13.2. The van der Waals surface area contributed by atoms with E-state index in [0.717, 1.165) is 12.1 Å². The predicted octanol–water partition coefficient (Wildman–Crippen LogP) is 4.71. The van der Waals surface area contributed by atoms with Gasteiger partial charge >= 0.3 is 0 Å². The van der Waals surface area contributed by atoms with Gasteiger partial charge in [-0.2, -0.15) is 0 Å². The van der Waals surface area contributed by atoms with Gasteiger partial charge in [-0.1, -0.05) is 29.3 Å². The van der Waals surface area contributed by atoms with Crippen LogP contribution in [-0.2, 0) is 5.54 Å². The average Bonchev–Trinajstić information content (AvgIpc) is 2.45. The van der Waals surface area contributed by atoms with E-state index >= 15 is 0 Å². The van der Waals surface area contributed by atoms with Crippen molar-refractivity contribution < 1.29 is 14.1 Å². The molecule has 0 fully saturated rings. The van der Waals surface area contributed by atoms with Gasteiger partial charge in [-0.3, -0.25) is 14.9 Å². The molecule has 0 saturated heterocycles. The van der Waals surface area contributed by atoms with Crippen molar-refractivity contribution >= 4 is 34.8 Å². The number of benzene rings is 2. The Morgan fingerprint density at radius 3 is 2.46 bits per heavy atom. The number of carbonyl (C=O) groups excluding carboxylic acids is 1. The van der Waals surface area contributed by atoms with Crippen LogP contribution in [0.3, 0.4) is 0 Å². The first-order valence-electron chi connectivity index (χ1n) is 6.84. The van der Waals surface area contributed by atoms with Crippen LogP contribution in [0.5, 0.6) is 0 Å².